The number of rotatable bonds is 5. The number of unbranched alkanes of at least 4 members (excludes halogenated alkanes) is 1. The summed E-state index contributed by atoms with van der Waals surface area (Å²) in [5.74, 6) is 0.940. The molecule has 0 aliphatic heterocycles. The lowest BCUT2D eigenvalue weighted by molar-refractivity contribution is 0.314. The van der Waals surface area contributed by atoms with Gasteiger partial charge in [-0.2, -0.15) is 0 Å². The molecule has 25 heavy (non-hydrogen) atoms. The number of pyridine rings is 1. The van der Waals surface area contributed by atoms with Crippen LogP contribution in [0.4, 0.5) is 0 Å². The van der Waals surface area contributed by atoms with E-state index in [0.29, 0.717) is 0 Å². The number of hydrogen-bond donors (Lipinski definition) is 0. The standard InChI is InChI=1S/C23H21NO/c1-2-3-15-25-23-20-12-6-7-14-22(20)24-16-21(23)19-13-8-10-17-9-4-5-11-18(17)19/h4-14,16H,2-3,15H2,1H3. The second kappa shape index (κ2) is 6.94. The average molecular weight is 327 g/mol. The van der Waals surface area contributed by atoms with E-state index >= 15 is 0 Å². The van der Waals surface area contributed by atoms with Gasteiger partial charge in [-0.05, 0) is 34.9 Å². The minimum Gasteiger partial charge on any atom is -0.492 e. The summed E-state index contributed by atoms with van der Waals surface area (Å²) >= 11 is 0. The molecule has 0 spiro atoms. The lowest BCUT2D eigenvalue weighted by Gasteiger charge is -2.15. The van der Waals surface area contributed by atoms with Gasteiger partial charge in [0.1, 0.15) is 5.75 Å². The van der Waals surface area contributed by atoms with Gasteiger partial charge in [-0.25, -0.2) is 0 Å². The number of benzene rings is 3. The van der Waals surface area contributed by atoms with E-state index in [2.05, 4.69) is 60.4 Å². The molecule has 0 N–H and O–H groups in total. The molecule has 0 atom stereocenters. The monoisotopic (exact) mass is 327 g/mol. The van der Waals surface area contributed by atoms with E-state index in [9.17, 15) is 0 Å². The van der Waals surface area contributed by atoms with Crippen molar-refractivity contribution >= 4 is 21.7 Å². The van der Waals surface area contributed by atoms with Crippen molar-refractivity contribution in [3.63, 3.8) is 0 Å². The summed E-state index contributed by atoms with van der Waals surface area (Å²) in [7, 11) is 0. The Hall–Kier alpha value is -2.87. The molecule has 0 aliphatic rings. The first-order chi connectivity index (χ1) is 12.4. The van der Waals surface area contributed by atoms with Gasteiger partial charge in [-0.1, -0.05) is 67.9 Å². The van der Waals surface area contributed by atoms with Crippen molar-refractivity contribution in [1.82, 2.24) is 4.98 Å². The van der Waals surface area contributed by atoms with Crippen LogP contribution in [0.1, 0.15) is 19.8 Å². The van der Waals surface area contributed by atoms with E-state index in [1.54, 1.807) is 0 Å². The van der Waals surface area contributed by atoms with Crippen molar-refractivity contribution in [3.05, 3.63) is 72.9 Å². The molecular formula is C23H21NO. The summed E-state index contributed by atoms with van der Waals surface area (Å²) < 4.78 is 6.25. The zero-order valence-corrected chi connectivity index (χ0v) is 14.4. The van der Waals surface area contributed by atoms with Crippen LogP contribution in [-0.4, -0.2) is 11.6 Å². The second-order valence-corrected chi connectivity index (χ2v) is 6.25. The normalized spacial score (nSPS) is 11.1. The summed E-state index contributed by atoms with van der Waals surface area (Å²) in [5, 5.41) is 3.53. The fraction of sp³-hybridized carbons (Fsp3) is 0.174. The molecule has 3 aromatic carbocycles. The first-order valence-electron chi connectivity index (χ1n) is 8.87. The molecule has 2 nitrogen and oxygen atoms in total. The van der Waals surface area contributed by atoms with E-state index in [0.717, 1.165) is 41.7 Å². The molecule has 4 aromatic rings. The van der Waals surface area contributed by atoms with Crippen LogP contribution in [0.5, 0.6) is 5.75 Å². The number of ether oxygens (including phenoxy) is 1. The highest BCUT2D eigenvalue weighted by molar-refractivity contribution is 6.01. The highest BCUT2D eigenvalue weighted by atomic mass is 16.5. The van der Waals surface area contributed by atoms with Gasteiger partial charge in [0.2, 0.25) is 0 Å². The van der Waals surface area contributed by atoms with Crippen LogP contribution in [0.3, 0.4) is 0 Å². The minimum absolute atomic E-state index is 0.724. The van der Waals surface area contributed by atoms with Crippen LogP contribution in [0.15, 0.2) is 72.9 Å². The SMILES string of the molecule is CCCCOc1c(-c2cccc3ccccc23)cnc2ccccc12. The molecule has 0 saturated carbocycles. The quantitative estimate of drug-likeness (QED) is 0.405. The Morgan fingerprint density at radius 1 is 0.800 bits per heavy atom. The average Bonchev–Trinajstić information content (AvgIpc) is 2.68. The Balaban J connectivity index is 1.95. The van der Waals surface area contributed by atoms with Gasteiger partial charge in [0.05, 0.1) is 12.1 Å². The molecule has 0 fully saturated rings. The summed E-state index contributed by atoms with van der Waals surface area (Å²) in [6, 6.07) is 23.1. The summed E-state index contributed by atoms with van der Waals surface area (Å²) in [4.78, 5) is 4.67. The Labute approximate surface area is 148 Å². The lowest BCUT2D eigenvalue weighted by Crippen LogP contribution is -2.00. The highest BCUT2D eigenvalue weighted by Crippen LogP contribution is 2.38. The molecule has 1 aromatic heterocycles. The first-order valence-corrected chi connectivity index (χ1v) is 8.87. The van der Waals surface area contributed by atoms with Gasteiger partial charge in [0.15, 0.2) is 0 Å². The van der Waals surface area contributed by atoms with Gasteiger partial charge in [-0.3, -0.25) is 4.98 Å². The molecule has 124 valence electrons. The zero-order chi connectivity index (χ0) is 17.1. The maximum Gasteiger partial charge on any atom is 0.138 e. The largest absolute Gasteiger partial charge is 0.492 e. The number of aromatic nitrogens is 1. The van der Waals surface area contributed by atoms with Crippen LogP contribution >= 0.6 is 0 Å². The first kappa shape index (κ1) is 15.6. The van der Waals surface area contributed by atoms with Crippen molar-refractivity contribution in [2.45, 2.75) is 19.8 Å². The number of hydrogen-bond acceptors (Lipinski definition) is 2. The van der Waals surface area contributed by atoms with E-state index in [4.69, 9.17) is 4.74 Å². The highest BCUT2D eigenvalue weighted by Gasteiger charge is 2.14. The number of para-hydroxylation sites is 1. The number of nitrogens with zero attached hydrogens (tertiary/aromatic N) is 1. The third-order valence-electron chi connectivity index (χ3n) is 4.55. The Bertz CT molecular complexity index is 1020. The lowest BCUT2D eigenvalue weighted by atomic mass is 9.97. The van der Waals surface area contributed by atoms with Crippen LogP contribution in [0.2, 0.25) is 0 Å². The molecule has 4 rings (SSSR count). The molecule has 0 aliphatic carbocycles. The Morgan fingerprint density at radius 3 is 2.44 bits per heavy atom. The smallest absolute Gasteiger partial charge is 0.138 e. The maximum atomic E-state index is 6.25. The van der Waals surface area contributed by atoms with Gasteiger partial charge >= 0.3 is 0 Å². The molecule has 0 radical (unpaired) electrons. The fourth-order valence-corrected chi connectivity index (χ4v) is 3.24. The van der Waals surface area contributed by atoms with Crippen molar-refractivity contribution in [2.24, 2.45) is 0 Å². The Morgan fingerprint density at radius 2 is 1.56 bits per heavy atom. The molecular weight excluding hydrogens is 306 g/mol. The van der Waals surface area contributed by atoms with E-state index in [1.807, 2.05) is 24.4 Å². The van der Waals surface area contributed by atoms with Crippen molar-refractivity contribution in [3.8, 4) is 16.9 Å². The third-order valence-corrected chi connectivity index (χ3v) is 4.55. The Kier molecular flexibility index (Phi) is 4.34. The van der Waals surface area contributed by atoms with Gasteiger partial charge in [-0.15, -0.1) is 0 Å². The van der Waals surface area contributed by atoms with Gasteiger partial charge in [0, 0.05) is 17.1 Å². The van der Waals surface area contributed by atoms with E-state index in [-0.39, 0.29) is 0 Å². The van der Waals surface area contributed by atoms with Gasteiger partial charge < -0.3 is 4.74 Å². The fourth-order valence-electron chi connectivity index (χ4n) is 3.24. The molecule has 0 amide bonds. The molecule has 0 saturated heterocycles. The van der Waals surface area contributed by atoms with E-state index < -0.39 is 0 Å². The molecule has 0 bridgehead atoms. The van der Waals surface area contributed by atoms with Crippen LogP contribution < -0.4 is 4.74 Å². The number of fused-ring (bicyclic) bond motifs is 2. The maximum absolute atomic E-state index is 6.25. The van der Waals surface area contributed by atoms with Crippen molar-refractivity contribution in [2.75, 3.05) is 6.61 Å². The summed E-state index contributed by atoms with van der Waals surface area (Å²) in [6.45, 7) is 2.90. The minimum atomic E-state index is 0.724. The zero-order valence-electron chi connectivity index (χ0n) is 14.4. The molecule has 1 heterocycles. The van der Waals surface area contributed by atoms with Crippen molar-refractivity contribution < 1.29 is 4.74 Å². The summed E-state index contributed by atoms with van der Waals surface area (Å²) in [6.07, 6.45) is 4.11. The van der Waals surface area contributed by atoms with Gasteiger partial charge in [0.25, 0.3) is 0 Å². The van der Waals surface area contributed by atoms with Crippen LogP contribution in [0, 0.1) is 0 Å². The molecule has 2 heteroatoms. The van der Waals surface area contributed by atoms with Crippen LogP contribution in [0.25, 0.3) is 32.8 Å². The topological polar surface area (TPSA) is 22.1 Å². The molecule has 0 unspecified atom stereocenters. The predicted octanol–water partition coefficient (Wildman–Crippen LogP) is 6.23. The second-order valence-electron chi connectivity index (χ2n) is 6.25. The van der Waals surface area contributed by atoms with E-state index in [1.165, 1.54) is 16.3 Å². The van der Waals surface area contributed by atoms with Crippen LogP contribution in [-0.2, 0) is 0 Å². The van der Waals surface area contributed by atoms with Crippen molar-refractivity contribution in [1.29, 1.82) is 0 Å². The predicted molar refractivity (Wildman–Crippen MR) is 105 cm³/mol. The summed E-state index contributed by atoms with van der Waals surface area (Å²) in [5.41, 5.74) is 3.20. The third kappa shape index (κ3) is 2.96.